The van der Waals surface area contributed by atoms with Gasteiger partial charge in [-0.25, -0.2) is 4.68 Å². The second-order valence-corrected chi connectivity index (χ2v) is 5.39. The highest BCUT2D eigenvalue weighted by molar-refractivity contribution is 5.32. The molecule has 1 N–H and O–H groups in total. The molecule has 0 bridgehead atoms. The van der Waals surface area contributed by atoms with Crippen LogP contribution < -0.4 is 5.32 Å². The molecule has 0 aromatic carbocycles. The lowest BCUT2D eigenvalue weighted by molar-refractivity contribution is 0.193. The summed E-state index contributed by atoms with van der Waals surface area (Å²) in [5.41, 5.74) is 1.29. The van der Waals surface area contributed by atoms with E-state index in [1.165, 1.54) is 5.56 Å². The van der Waals surface area contributed by atoms with Crippen molar-refractivity contribution in [3.63, 3.8) is 0 Å². The average molecular weight is 271 g/mol. The van der Waals surface area contributed by atoms with Crippen molar-refractivity contribution < 1.29 is 4.74 Å². The van der Waals surface area contributed by atoms with E-state index in [1.807, 2.05) is 17.1 Å². The first kappa shape index (κ1) is 11.8. The van der Waals surface area contributed by atoms with Crippen LogP contribution in [0.3, 0.4) is 0 Å². The molecule has 0 amide bonds. The van der Waals surface area contributed by atoms with Crippen molar-refractivity contribution >= 4 is 5.95 Å². The first-order chi connectivity index (χ1) is 9.90. The fourth-order valence-electron chi connectivity index (χ4n) is 2.88. The Balaban J connectivity index is 1.57. The lowest BCUT2D eigenvalue weighted by atomic mass is 9.99. The fourth-order valence-corrected chi connectivity index (χ4v) is 2.88. The van der Waals surface area contributed by atoms with Gasteiger partial charge >= 0.3 is 0 Å². The van der Waals surface area contributed by atoms with Gasteiger partial charge < -0.3 is 10.1 Å². The van der Waals surface area contributed by atoms with E-state index in [2.05, 4.69) is 32.5 Å². The van der Waals surface area contributed by atoms with Gasteiger partial charge in [-0.1, -0.05) is 0 Å². The van der Waals surface area contributed by atoms with Crippen LogP contribution in [0, 0.1) is 0 Å². The monoisotopic (exact) mass is 271 g/mol. The predicted molar refractivity (Wildman–Crippen MR) is 73.7 cm³/mol. The maximum Gasteiger partial charge on any atom is 0.221 e. The summed E-state index contributed by atoms with van der Waals surface area (Å²) in [5.74, 6) is 2.58. The Hall–Kier alpha value is -1.95. The number of anilines is 1. The zero-order chi connectivity index (χ0) is 13.4. The number of rotatable bonds is 2. The smallest absolute Gasteiger partial charge is 0.221 e. The Kier molecular flexibility index (Phi) is 2.88. The molecule has 1 fully saturated rings. The van der Waals surface area contributed by atoms with Gasteiger partial charge in [0.2, 0.25) is 5.95 Å². The van der Waals surface area contributed by atoms with Crippen molar-refractivity contribution in [2.75, 3.05) is 25.1 Å². The molecule has 20 heavy (non-hydrogen) atoms. The lowest BCUT2D eigenvalue weighted by Crippen LogP contribution is -2.26. The van der Waals surface area contributed by atoms with Crippen LogP contribution in [-0.2, 0) is 11.3 Å². The van der Waals surface area contributed by atoms with E-state index >= 15 is 0 Å². The minimum absolute atomic E-state index is 0.356. The Morgan fingerprint density at radius 3 is 2.95 bits per heavy atom. The molecule has 4 rings (SSSR count). The minimum Gasteiger partial charge on any atom is -0.381 e. The third kappa shape index (κ3) is 2.06. The van der Waals surface area contributed by atoms with E-state index < -0.39 is 0 Å². The van der Waals surface area contributed by atoms with Crippen LogP contribution in [0.15, 0.2) is 24.5 Å². The molecule has 6 nitrogen and oxygen atoms in total. The molecule has 104 valence electrons. The predicted octanol–water partition coefficient (Wildman–Crippen LogP) is 1.39. The first-order valence-electron chi connectivity index (χ1n) is 7.06. The van der Waals surface area contributed by atoms with E-state index in [0.717, 1.165) is 44.5 Å². The number of nitrogens with one attached hydrogen (secondary N) is 1. The van der Waals surface area contributed by atoms with Gasteiger partial charge in [0.05, 0.1) is 13.2 Å². The number of hydrogen-bond donors (Lipinski definition) is 1. The van der Waals surface area contributed by atoms with Crippen molar-refractivity contribution in [2.45, 2.75) is 24.8 Å². The second kappa shape index (κ2) is 4.86. The Morgan fingerprint density at radius 2 is 2.15 bits per heavy atom. The number of aromatic nitrogens is 4. The van der Waals surface area contributed by atoms with E-state index in [-0.39, 0.29) is 0 Å². The molecule has 2 unspecified atom stereocenters. The molecule has 0 spiro atoms. The van der Waals surface area contributed by atoms with Crippen LogP contribution in [0.25, 0.3) is 0 Å². The number of fused-ring (bicyclic) bond motifs is 1. The summed E-state index contributed by atoms with van der Waals surface area (Å²) < 4.78 is 7.41. The van der Waals surface area contributed by atoms with Gasteiger partial charge in [0, 0.05) is 37.4 Å². The van der Waals surface area contributed by atoms with Crippen LogP contribution >= 0.6 is 0 Å². The highest BCUT2D eigenvalue weighted by atomic mass is 16.5. The number of hydrogen-bond acceptors (Lipinski definition) is 5. The molecule has 2 atom stereocenters. The van der Waals surface area contributed by atoms with Crippen LogP contribution in [0.5, 0.6) is 0 Å². The molecule has 6 heteroatoms. The zero-order valence-corrected chi connectivity index (χ0v) is 11.2. The number of nitrogens with zero attached hydrogens (tertiary/aromatic N) is 4. The average Bonchev–Trinajstić information content (AvgIpc) is 3.16. The van der Waals surface area contributed by atoms with E-state index in [1.54, 1.807) is 0 Å². The second-order valence-electron chi connectivity index (χ2n) is 5.39. The van der Waals surface area contributed by atoms with Gasteiger partial charge in [0.15, 0.2) is 5.82 Å². The molecule has 2 aliphatic rings. The van der Waals surface area contributed by atoms with E-state index in [0.29, 0.717) is 11.8 Å². The molecule has 2 aromatic heterocycles. The molecule has 2 aliphatic heterocycles. The van der Waals surface area contributed by atoms with Crippen molar-refractivity contribution in [3.8, 4) is 0 Å². The van der Waals surface area contributed by atoms with Gasteiger partial charge in [-0.05, 0) is 24.1 Å². The van der Waals surface area contributed by atoms with Gasteiger partial charge in [0.25, 0.3) is 0 Å². The van der Waals surface area contributed by atoms with Crippen molar-refractivity contribution in [1.29, 1.82) is 0 Å². The van der Waals surface area contributed by atoms with Gasteiger partial charge in [-0.2, -0.15) is 10.1 Å². The molecular weight excluding hydrogens is 254 g/mol. The summed E-state index contributed by atoms with van der Waals surface area (Å²) in [4.78, 5) is 8.68. The van der Waals surface area contributed by atoms with Crippen LogP contribution in [0.4, 0.5) is 5.95 Å². The molecule has 4 heterocycles. The highest BCUT2D eigenvalue weighted by Gasteiger charge is 2.27. The standard InChI is InChI=1S/C14H17N5O/c1-4-15-5-2-10(1)12-7-16-14-17-13(18-19(14)8-12)11-3-6-20-9-11/h1-2,4-5,11-12H,3,6-9H2,(H,16,17,18). The summed E-state index contributed by atoms with van der Waals surface area (Å²) in [7, 11) is 0. The van der Waals surface area contributed by atoms with Crippen LogP contribution in [0.1, 0.15) is 29.6 Å². The fraction of sp³-hybridized carbons (Fsp3) is 0.500. The number of ether oxygens (including phenoxy) is 1. The van der Waals surface area contributed by atoms with Gasteiger partial charge in [0.1, 0.15) is 0 Å². The summed E-state index contributed by atoms with van der Waals surface area (Å²) >= 11 is 0. The Morgan fingerprint density at radius 1 is 1.25 bits per heavy atom. The Labute approximate surface area is 117 Å². The summed E-state index contributed by atoms with van der Waals surface area (Å²) in [6.45, 7) is 3.33. The van der Waals surface area contributed by atoms with Gasteiger partial charge in [-0.3, -0.25) is 4.98 Å². The maximum absolute atomic E-state index is 5.42. The third-order valence-electron chi connectivity index (χ3n) is 4.06. The van der Waals surface area contributed by atoms with Crippen LogP contribution in [-0.4, -0.2) is 39.5 Å². The van der Waals surface area contributed by atoms with Gasteiger partial charge in [-0.15, -0.1) is 0 Å². The lowest BCUT2D eigenvalue weighted by Gasteiger charge is -2.23. The molecular formula is C14H17N5O. The molecule has 1 saturated heterocycles. The third-order valence-corrected chi connectivity index (χ3v) is 4.06. The maximum atomic E-state index is 5.42. The van der Waals surface area contributed by atoms with Crippen molar-refractivity contribution in [1.82, 2.24) is 19.7 Å². The first-order valence-corrected chi connectivity index (χ1v) is 7.06. The topological polar surface area (TPSA) is 64.9 Å². The van der Waals surface area contributed by atoms with E-state index in [4.69, 9.17) is 4.74 Å². The van der Waals surface area contributed by atoms with Crippen molar-refractivity contribution in [2.24, 2.45) is 0 Å². The van der Waals surface area contributed by atoms with Crippen LogP contribution in [0.2, 0.25) is 0 Å². The molecule has 0 aliphatic carbocycles. The summed E-state index contributed by atoms with van der Waals surface area (Å²) in [5, 5.41) is 8.04. The Bertz CT molecular complexity index is 591. The zero-order valence-electron chi connectivity index (χ0n) is 11.2. The highest BCUT2D eigenvalue weighted by Crippen LogP contribution is 2.28. The number of pyridine rings is 1. The molecule has 2 aromatic rings. The minimum atomic E-state index is 0.356. The normalized spacial score (nSPS) is 25.2. The SMILES string of the molecule is c1cc(C2CNc3nc(C4CCOC4)nn3C2)ccn1. The largest absolute Gasteiger partial charge is 0.381 e. The summed E-state index contributed by atoms with van der Waals surface area (Å²) in [6.07, 6.45) is 4.71. The van der Waals surface area contributed by atoms with E-state index in [9.17, 15) is 0 Å². The molecule has 0 radical (unpaired) electrons. The van der Waals surface area contributed by atoms with Crippen molar-refractivity contribution in [3.05, 3.63) is 35.9 Å². The molecule has 0 saturated carbocycles. The summed E-state index contributed by atoms with van der Waals surface area (Å²) in [6, 6.07) is 4.14. The quantitative estimate of drug-likeness (QED) is 0.894.